The molecule has 0 N–H and O–H groups in total. The summed E-state index contributed by atoms with van der Waals surface area (Å²) in [7, 11) is 0. The van der Waals surface area contributed by atoms with Gasteiger partial charge in [-0.3, -0.25) is 4.79 Å². The van der Waals surface area contributed by atoms with Crippen molar-refractivity contribution in [2.45, 2.75) is 58.1 Å². The van der Waals surface area contributed by atoms with E-state index in [0.29, 0.717) is 12.2 Å². The Labute approximate surface area is 98.7 Å². The molecule has 0 rings (SSSR count). The summed E-state index contributed by atoms with van der Waals surface area (Å²) in [5.41, 5.74) is 0. The number of unbranched alkanes of at least 4 members (excludes halogenated alkanes) is 1. The lowest BCUT2D eigenvalue weighted by atomic mass is 10.1. The van der Waals surface area contributed by atoms with Crippen molar-refractivity contribution in [3.63, 3.8) is 0 Å². The number of thioether (sulfide) groups is 1. The highest BCUT2D eigenvalue weighted by Crippen LogP contribution is 2.29. The molecule has 0 aliphatic rings. The molecule has 0 unspecified atom stereocenters. The van der Waals surface area contributed by atoms with Gasteiger partial charge in [0.05, 0.1) is 0 Å². The van der Waals surface area contributed by atoms with Gasteiger partial charge in [0.15, 0.2) is 0 Å². The first-order valence-corrected chi connectivity index (χ1v) is 6.75. The van der Waals surface area contributed by atoms with E-state index in [2.05, 4.69) is 32.9 Å². The summed E-state index contributed by atoms with van der Waals surface area (Å²) >= 11 is 1.91. The van der Waals surface area contributed by atoms with Crippen LogP contribution in [0.25, 0.3) is 0 Å². The normalized spacial score (nSPS) is 12.3. The van der Waals surface area contributed by atoms with Crippen LogP contribution in [0.5, 0.6) is 0 Å². The van der Waals surface area contributed by atoms with Crippen LogP contribution in [-0.2, 0) is 4.79 Å². The van der Waals surface area contributed by atoms with Crippen molar-refractivity contribution < 1.29 is 4.79 Å². The predicted octanol–water partition coefficient (Wildman–Crippen LogP) is 4.22. The first-order chi connectivity index (χ1) is 6.98. The van der Waals surface area contributed by atoms with Crippen LogP contribution in [0.4, 0.5) is 0 Å². The topological polar surface area (TPSA) is 17.1 Å². The number of carbonyl (C=O) groups excluding carboxylic acids is 1. The third-order valence-corrected chi connectivity index (χ3v) is 3.50. The second-order valence-electron chi connectivity index (χ2n) is 4.51. The van der Waals surface area contributed by atoms with E-state index in [-0.39, 0.29) is 4.75 Å². The molecule has 88 valence electrons. The molecule has 0 atom stereocenters. The summed E-state index contributed by atoms with van der Waals surface area (Å²) in [6, 6.07) is 0. The van der Waals surface area contributed by atoms with Gasteiger partial charge in [0.25, 0.3) is 0 Å². The van der Waals surface area contributed by atoms with Gasteiger partial charge < -0.3 is 0 Å². The number of hydrogen-bond acceptors (Lipinski definition) is 2. The predicted molar refractivity (Wildman–Crippen MR) is 70.5 cm³/mol. The summed E-state index contributed by atoms with van der Waals surface area (Å²) in [5.74, 6) is 1.44. The van der Waals surface area contributed by atoms with E-state index in [0.717, 1.165) is 18.6 Å². The number of carbonyl (C=O) groups is 1. The van der Waals surface area contributed by atoms with Gasteiger partial charge in [-0.05, 0) is 31.9 Å². The zero-order valence-corrected chi connectivity index (χ0v) is 11.3. The molecule has 0 fully saturated rings. The zero-order valence-electron chi connectivity index (χ0n) is 10.5. The van der Waals surface area contributed by atoms with E-state index in [9.17, 15) is 4.79 Å². The molecular formula is C13H24OS. The summed E-state index contributed by atoms with van der Waals surface area (Å²) in [6.45, 7) is 8.13. The average Bonchev–Trinajstić information content (AvgIpc) is 2.08. The SMILES string of the molecule is CC/C=C/CCCSC(C)(C)CC(C)=O. The number of ketones is 1. The van der Waals surface area contributed by atoms with Gasteiger partial charge in [0, 0.05) is 11.2 Å². The third kappa shape index (κ3) is 10.1. The second kappa shape index (κ2) is 7.98. The molecule has 0 aromatic carbocycles. The van der Waals surface area contributed by atoms with E-state index in [1.807, 2.05) is 11.8 Å². The Morgan fingerprint density at radius 2 is 2.00 bits per heavy atom. The Kier molecular flexibility index (Phi) is 7.85. The average molecular weight is 228 g/mol. The minimum Gasteiger partial charge on any atom is -0.300 e. The molecule has 1 nitrogen and oxygen atoms in total. The van der Waals surface area contributed by atoms with Gasteiger partial charge in [-0.25, -0.2) is 0 Å². The van der Waals surface area contributed by atoms with Crippen LogP contribution in [0.2, 0.25) is 0 Å². The van der Waals surface area contributed by atoms with Crippen LogP contribution >= 0.6 is 11.8 Å². The van der Waals surface area contributed by atoms with E-state index in [4.69, 9.17) is 0 Å². The smallest absolute Gasteiger partial charge is 0.131 e. The maximum absolute atomic E-state index is 11.0. The fourth-order valence-electron chi connectivity index (χ4n) is 1.48. The number of hydrogen-bond donors (Lipinski definition) is 0. The minimum absolute atomic E-state index is 0.111. The Morgan fingerprint density at radius 1 is 1.33 bits per heavy atom. The number of allylic oxidation sites excluding steroid dienone is 2. The van der Waals surface area contributed by atoms with Crippen LogP contribution in [-0.4, -0.2) is 16.3 Å². The second-order valence-corrected chi connectivity index (χ2v) is 6.31. The largest absolute Gasteiger partial charge is 0.300 e. The lowest BCUT2D eigenvalue weighted by Crippen LogP contribution is -2.19. The van der Waals surface area contributed by atoms with Gasteiger partial charge in [-0.2, -0.15) is 11.8 Å². The molecular weight excluding hydrogens is 204 g/mol. The monoisotopic (exact) mass is 228 g/mol. The highest BCUT2D eigenvalue weighted by molar-refractivity contribution is 8.00. The molecule has 0 heterocycles. The third-order valence-electron chi connectivity index (χ3n) is 2.08. The molecule has 0 aliphatic carbocycles. The molecule has 0 radical (unpaired) electrons. The fourth-order valence-corrected chi connectivity index (χ4v) is 2.65. The van der Waals surface area contributed by atoms with E-state index in [1.165, 1.54) is 6.42 Å². The summed E-state index contributed by atoms with van der Waals surface area (Å²) in [4.78, 5) is 11.0. The van der Waals surface area contributed by atoms with Gasteiger partial charge in [0.1, 0.15) is 5.78 Å². The zero-order chi connectivity index (χ0) is 11.7. The molecule has 0 aromatic heterocycles. The number of Topliss-reactive ketones (excluding diaryl/α,β-unsaturated/α-hetero) is 1. The Hall–Kier alpha value is -0.240. The van der Waals surface area contributed by atoms with Gasteiger partial charge in [-0.15, -0.1) is 0 Å². The van der Waals surface area contributed by atoms with Crippen molar-refractivity contribution >= 4 is 17.5 Å². The van der Waals surface area contributed by atoms with Gasteiger partial charge in [0.2, 0.25) is 0 Å². The lowest BCUT2D eigenvalue weighted by Gasteiger charge is -2.22. The van der Waals surface area contributed by atoms with Crippen molar-refractivity contribution in [1.29, 1.82) is 0 Å². The van der Waals surface area contributed by atoms with Gasteiger partial charge >= 0.3 is 0 Å². The fraction of sp³-hybridized carbons (Fsp3) is 0.769. The first-order valence-electron chi connectivity index (χ1n) is 5.76. The molecule has 0 aromatic rings. The van der Waals surface area contributed by atoms with Crippen molar-refractivity contribution in [3.05, 3.63) is 12.2 Å². The Bertz CT molecular complexity index is 207. The molecule has 0 saturated carbocycles. The quantitative estimate of drug-likeness (QED) is 0.457. The highest BCUT2D eigenvalue weighted by atomic mass is 32.2. The van der Waals surface area contributed by atoms with Crippen LogP contribution in [0.3, 0.4) is 0 Å². The van der Waals surface area contributed by atoms with E-state index < -0.39 is 0 Å². The highest BCUT2D eigenvalue weighted by Gasteiger charge is 2.19. The van der Waals surface area contributed by atoms with Crippen molar-refractivity contribution in [1.82, 2.24) is 0 Å². The maximum Gasteiger partial charge on any atom is 0.131 e. The first kappa shape index (κ1) is 14.8. The lowest BCUT2D eigenvalue weighted by molar-refractivity contribution is -0.117. The molecule has 2 heteroatoms. The summed E-state index contributed by atoms with van der Waals surface area (Å²) in [6.07, 6.45) is 8.65. The van der Waals surface area contributed by atoms with E-state index in [1.54, 1.807) is 6.92 Å². The molecule has 0 spiro atoms. The Morgan fingerprint density at radius 3 is 2.53 bits per heavy atom. The minimum atomic E-state index is 0.111. The van der Waals surface area contributed by atoms with Crippen molar-refractivity contribution in [2.24, 2.45) is 0 Å². The van der Waals surface area contributed by atoms with Crippen molar-refractivity contribution in [2.75, 3.05) is 5.75 Å². The Balaban J connectivity index is 3.57. The van der Waals surface area contributed by atoms with Crippen molar-refractivity contribution in [3.8, 4) is 0 Å². The van der Waals surface area contributed by atoms with Crippen LogP contribution in [0.1, 0.15) is 53.4 Å². The van der Waals surface area contributed by atoms with E-state index >= 15 is 0 Å². The molecule has 0 bridgehead atoms. The van der Waals surface area contributed by atoms with Crippen LogP contribution < -0.4 is 0 Å². The summed E-state index contributed by atoms with van der Waals surface area (Å²) in [5, 5.41) is 0. The summed E-state index contributed by atoms with van der Waals surface area (Å²) < 4.78 is 0.111. The molecule has 0 aliphatic heterocycles. The van der Waals surface area contributed by atoms with Crippen LogP contribution in [0.15, 0.2) is 12.2 Å². The van der Waals surface area contributed by atoms with Crippen LogP contribution in [0, 0.1) is 0 Å². The number of rotatable bonds is 8. The maximum atomic E-state index is 11.0. The molecule has 0 saturated heterocycles. The molecule has 15 heavy (non-hydrogen) atoms. The standard InChI is InChI=1S/C13H24OS/c1-5-6-7-8-9-10-15-13(3,4)11-12(2)14/h6-7H,5,8-11H2,1-4H3/b7-6+. The van der Waals surface area contributed by atoms with Gasteiger partial charge in [-0.1, -0.05) is 32.9 Å². The molecule has 0 amide bonds.